The lowest BCUT2D eigenvalue weighted by molar-refractivity contribution is -0.123. The van der Waals surface area contributed by atoms with Crippen molar-refractivity contribution in [2.24, 2.45) is 11.7 Å². The third kappa shape index (κ3) is 2.55. The maximum absolute atomic E-state index is 11.8. The Morgan fingerprint density at radius 3 is 2.82 bits per heavy atom. The Bertz CT molecular complexity index is 492. The Morgan fingerprint density at radius 1 is 1.53 bits per heavy atom. The van der Waals surface area contributed by atoms with Crippen LogP contribution in [0.15, 0.2) is 18.2 Å². The zero-order valence-corrected chi connectivity index (χ0v) is 11.7. The number of carbonyl (C=O) groups is 2. The second kappa shape index (κ2) is 4.81. The normalized spacial score (nSPS) is 19.8. The van der Waals surface area contributed by atoms with Gasteiger partial charge in [0.25, 0.3) is 0 Å². The molecule has 1 aliphatic rings. The number of hydrogen-bond donors (Lipinski definition) is 1. The molecule has 1 atom stereocenters. The summed E-state index contributed by atoms with van der Waals surface area (Å²) in [5, 5.41) is 0.566. The molecule has 0 radical (unpaired) electrons. The second-order valence-corrected chi connectivity index (χ2v) is 5.50. The first-order valence-corrected chi connectivity index (χ1v) is 6.49. The first kappa shape index (κ1) is 12.6. The average molecular weight is 365 g/mol. The maximum atomic E-state index is 11.8. The molecule has 0 saturated carbocycles. The van der Waals surface area contributed by atoms with Gasteiger partial charge in [-0.2, -0.15) is 0 Å². The van der Waals surface area contributed by atoms with E-state index in [0.717, 1.165) is 9.26 Å². The monoisotopic (exact) mass is 364 g/mol. The van der Waals surface area contributed by atoms with Crippen LogP contribution in [0.4, 0.5) is 5.69 Å². The highest BCUT2D eigenvalue weighted by Gasteiger charge is 2.34. The number of amides is 2. The van der Waals surface area contributed by atoms with E-state index in [2.05, 4.69) is 22.6 Å². The molecule has 1 unspecified atom stereocenters. The summed E-state index contributed by atoms with van der Waals surface area (Å²) < 4.78 is 0.922. The van der Waals surface area contributed by atoms with Crippen LogP contribution >= 0.6 is 34.2 Å². The fourth-order valence-corrected chi connectivity index (χ4v) is 2.62. The molecule has 1 aromatic carbocycles. The largest absolute Gasteiger partial charge is 0.369 e. The van der Waals surface area contributed by atoms with Crippen LogP contribution in [0.3, 0.4) is 0 Å². The van der Waals surface area contributed by atoms with Crippen LogP contribution in [0, 0.1) is 9.49 Å². The predicted octanol–water partition coefficient (Wildman–Crippen LogP) is 1.78. The molecule has 2 amide bonds. The maximum Gasteiger partial charge on any atom is 0.227 e. The average Bonchev–Trinajstić information content (AvgIpc) is 2.64. The van der Waals surface area contributed by atoms with Crippen LogP contribution in [0.2, 0.25) is 5.02 Å². The Balaban J connectivity index is 2.32. The molecule has 2 rings (SSSR count). The molecule has 0 aliphatic carbocycles. The van der Waals surface area contributed by atoms with E-state index in [1.807, 2.05) is 6.07 Å². The van der Waals surface area contributed by atoms with Crippen molar-refractivity contribution in [3.05, 3.63) is 26.8 Å². The lowest BCUT2D eigenvalue weighted by Gasteiger charge is -2.18. The molecular weight excluding hydrogens is 354 g/mol. The highest BCUT2D eigenvalue weighted by molar-refractivity contribution is 14.1. The molecule has 1 saturated heterocycles. The van der Waals surface area contributed by atoms with Crippen molar-refractivity contribution in [2.45, 2.75) is 6.42 Å². The number of primary amides is 1. The number of halogens is 2. The van der Waals surface area contributed by atoms with Crippen molar-refractivity contribution in [2.75, 3.05) is 11.4 Å². The molecule has 4 nitrogen and oxygen atoms in total. The Hall–Kier alpha value is -0.820. The highest BCUT2D eigenvalue weighted by Crippen LogP contribution is 2.31. The molecule has 0 spiro atoms. The van der Waals surface area contributed by atoms with Crippen molar-refractivity contribution in [1.82, 2.24) is 0 Å². The van der Waals surface area contributed by atoms with Gasteiger partial charge in [0, 0.05) is 21.6 Å². The lowest BCUT2D eigenvalue weighted by atomic mass is 10.1. The molecular formula is C11H10ClIN2O2. The van der Waals surface area contributed by atoms with Crippen LogP contribution in [0.25, 0.3) is 0 Å². The van der Waals surface area contributed by atoms with Crippen LogP contribution in [0.1, 0.15) is 6.42 Å². The minimum Gasteiger partial charge on any atom is -0.369 e. The SMILES string of the molecule is NC(=O)C1CC(=O)N(c2cc(Cl)ccc2I)C1. The number of nitrogens with two attached hydrogens (primary N) is 1. The van der Waals surface area contributed by atoms with E-state index in [0.29, 0.717) is 11.6 Å². The number of anilines is 1. The topological polar surface area (TPSA) is 63.4 Å². The summed E-state index contributed by atoms with van der Waals surface area (Å²) in [4.78, 5) is 24.5. The molecule has 1 heterocycles. The van der Waals surface area contributed by atoms with Gasteiger partial charge >= 0.3 is 0 Å². The third-order valence-electron chi connectivity index (χ3n) is 2.73. The number of hydrogen-bond acceptors (Lipinski definition) is 2. The van der Waals surface area contributed by atoms with Crippen molar-refractivity contribution in [3.8, 4) is 0 Å². The minimum atomic E-state index is -0.433. The van der Waals surface area contributed by atoms with Gasteiger partial charge in [-0.3, -0.25) is 9.59 Å². The zero-order valence-electron chi connectivity index (χ0n) is 8.82. The standard InChI is InChI=1S/C11H10ClIN2O2/c12-7-1-2-8(13)9(4-7)15-5-6(11(14)17)3-10(15)16/h1-2,4,6H,3,5H2,(H2,14,17). The summed E-state index contributed by atoms with van der Waals surface area (Å²) >= 11 is 8.04. The van der Waals surface area contributed by atoms with Gasteiger partial charge in [-0.15, -0.1) is 0 Å². The molecule has 90 valence electrons. The summed E-state index contributed by atoms with van der Waals surface area (Å²) in [7, 11) is 0. The van der Waals surface area contributed by atoms with Gasteiger partial charge in [0.1, 0.15) is 0 Å². The summed E-state index contributed by atoms with van der Waals surface area (Å²) in [5.41, 5.74) is 5.96. The van der Waals surface area contributed by atoms with E-state index in [4.69, 9.17) is 17.3 Å². The van der Waals surface area contributed by atoms with Gasteiger partial charge in [-0.05, 0) is 40.8 Å². The molecule has 2 N–H and O–H groups in total. The highest BCUT2D eigenvalue weighted by atomic mass is 127. The molecule has 1 aromatic rings. The summed E-state index contributed by atoms with van der Waals surface area (Å²) in [6, 6.07) is 5.33. The fourth-order valence-electron chi connectivity index (χ4n) is 1.82. The van der Waals surface area contributed by atoms with E-state index >= 15 is 0 Å². The Morgan fingerprint density at radius 2 is 2.24 bits per heavy atom. The van der Waals surface area contributed by atoms with Crippen LogP contribution in [-0.2, 0) is 9.59 Å². The van der Waals surface area contributed by atoms with Crippen LogP contribution < -0.4 is 10.6 Å². The van der Waals surface area contributed by atoms with E-state index in [9.17, 15) is 9.59 Å². The molecule has 17 heavy (non-hydrogen) atoms. The van der Waals surface area contributed by atoms with Gasteiger partial charge in [0.2, 0.25) is 11.8 Å². The lowest BCUT2D eigenvalue weighted by Crippen LogP contribution is -2.28. The number of rotatable bonds is 2. The van der Waals surface area contributed by atoms with Gasteiger partial charge in [0.15, 0.2) is 0 Å². The molecule has 6 heteroatoms. The van der Waals surface area contributed by atoms with Crippen LogP contribution in [-0.4, -0.2) is 18.4 Å². The molecule has 0 bridgehead atoms. The third-order valence-corrected chi connectivity index (χ3v) is 3.87. The quantitative estimate of drug-likeness (QED) is 0.813. The van der Waals surface area contributed by atoms with Crippen LogP contribution in [0.5, 0.6) is 0 Å². The van der Waals surface area contributed by atoms with Crippen molar-refractivity contribution in [1.29, 1.82) is 0 Å². The summed E-state index contributed by atoms with van der Waals surface area (Å²) in [5.74, 6) is -0.927. The number of benzene rings is 1. The van der Waals surface area contributed by atoms with Gasteiger partial charge in [0.05, 0.1) is 11.6 Å². The van der Waals surface area contributed by atoms with Crippen molar-refractivity contribution < 1.29 is 9.59 Å². The molecule has 1 fully saturated rings. The first-order valence-electron chi connectivity index (χ1n) is 5.04. The molecule has 1 aliphatic heterocycles. The van der Waals surface area contributed by atoms with E-state index in [-0.39, 0.29) is 12.3 Å². The zero-order chi connectivity index (χ0) is 12.6. The number of nitrogens with zero attached hydrogens (tertiary/aromatic N) is 1. The van der Waals surface area contributed by atoms with Crippen molar-refractivity contribution in [3.63, 3.8) is 0 Å². The van der Waals surface area contributed by atoms with Gasteiger partial charge < -0.3 is 10.6 Å². The van der Waals surface area contributed by atoms with Gasteiger partial charge in [-0.25, -0.2) is 0 Å². The predicted molar refractivity (Wildman–Crippen MR) is 73.8 cm³/mol. The summed E-state index contributed by atoms with van der Waals surface area (Å²) in [6.07, 6.45) is 0.178. The number of carbonyl (C=O) groups excluding carboxylic acids is 2. The van der Waals surface area contributed by atoms with E-state index < -0.39 is 11.8 Å². The van der Waals surface area contributed by atoms with E-state index in [1.165, 1.54) is 0 Å². The Labute approximate surface area is 117 Å². The fraction of sp³-hybridized carbons (Fsp3) is 0.273. The van der Waals surface area contributed by atoms with Gasteiger partial charge in [-0.1, -0.05) is 11.6 Å². The van der Waals surface area contributed by atoms with Crippen molar-refractivity contribution >= 4 is 51.7 Å². The molecule has 0 aromatic heterocycles. The Kier molecular flexibility index (Phi) is 3.58. The minimum absolute atomic E-state index is 0.0889. The summed E-state index contributed by atoms with van der Waals surface area (Å²) in [6.45, 7) is 0.338. The second-order valence-electron chi connectivity index (χ2n) is 3.90. The first-order chi connectivity index (χ1) is 7.99. The van der Waals surface area contributed by atoms with E-state index in [1.54, 1.807) is 17.0 Å². The smallest absolute Gasteiger partial charge is 0.227 e.